The predicted molar refractivity (Wildman–Crippen MR) is 460 cm³/mol. The van der Waals surface area contributed by atoms with Gasteiger partial charge in [0.15, 0.2) is 12.2 Å². The van der Waals surface area contributed by atoms with Gasteiger partial charge in [0.1, 0.15) is 19.3 Å². The highest BCUT2D eigenvalue weighted by atomic mass is 31.2. The van der Waals surface area contributed by atoms with E-state index in [2.05, 4.69) is 27.7 Å². The van der Waals surface area contributed by atoms with Gasteiger partial charge in [0.25, 0.3) is 0 Å². The predicted octanol–water partition coefficient (Wildman–Crippen LogP) is 28.9. The lowest BCUT2D eigenvalue weighted by Gasteiger charge is -2.21. The zero-order valence-corrected chi connectivity index (χ0v) is 74.7. The summed E-state index contributed by atoms with van der Waals surface area (Å²) in [6.07, 6.45) is 83.5. The summed E-state index contributed by atoms with van der Waals surface area (Å²) in [5, 5.41) is 10.7. The molecule has 0 aliphatic carbocycles. The van der Waals surface area contributed by atoms with E-state index in [4.69, 9.17) is 37.0 Å². The number of unbranched alkanes of at least 4 members (excludes halogenated alkanes) is 67. The van der Waals surface area contributed by atoms with Crippen molar-refractivity contribution in [2.45, 2.75) is 528 Å². The summed E-state index contributed by atoms with van der Waals surface area (Å²) in [6, 6.07) is 0. The lowest BCUT2D eigenvalue weighted by atomic mass is 10.0. The lowest BCUT2D eigenvalue weighted by Crippen LogP contribution is -2.30. The van der Waals surface area contributed by atoms with E-state index < -0.39 is 97.5 Å². The van der Waals surface area contributed by atoms with Crippen LogP contribution in [-0.2, 0) is 65.4 Å². The molecule has 111 heavy (non-hydrogen) atoms. The Morgan fingerprint density at radius 3 is 0.532 bits per heavy atom. The van der Waals surface area contributed by atoms with Crippen molar-refractivity contribution in [3.8, 4) is 0 Å². The van der Waals surface area contributed by atoms with Crippen molar-refractivity contribution in [1.82, 2.24) is 0 Å². The smallest absolute Gasteiger partial charge is 0.462 e. The van der Waals surface area contributed by atoms with Crippen LogP contribution < -0.4 is 0 Å². The number of carbonyl (C=O) groups is 4. The minimum atomic E-state index is -4.97. The number of phosphoric acid groups is 2. The Labute approximate surface area is 683 Å². The fraction of sp³-hybridized carbons (Fsp3) is 0.957. The summed E-state index contributed by atoms with van der Waals surface area (Å²) < 4.78 is 69.1. The number of ether oxygens (including phenoxy) is 4. The molecule has 3 N–H and O–H groups in total. The highest BCUT2D eigenvalue weighted by Crippen LogP contribution is 2.45. The molecular formula is C92H180O17P2. The molecule has 0 aliphatic heterocycles. The van der Waals surface area contributed by atoms with Gasteiger partial charge in [-0.05, 0) is 25.7 Å². The molecule has 0 aromatic carbocycles. The average Bonchev–Trinajstić information content (AvgIpc) is 0.897. The topological polar surface area (TPSA) is 237 Å². The van der Waals surface area contributed by atoms with Crippen LogP contribution in [0.4, 0.5) is 0 Å². The lowest BCUT2D eigenvalue weighted by molar-refractivity contribution is -0.161. The molecule has 0 bridgehead atoms. The number of phosphoric ester groups is 2. The summed E-state index contributed by atoms with van der Waals surface area (Å²) in [5.41, 5.74) is 0. The van der Waals surface area contributed by atoms with E-state index in [1.807, 2.05) is 0 Å². The molecule has 0 radical (unpaired) electrons. The van der Waals surface area contributed by atoms with Crippen LogP contribution in [0.15, 0.2) is 0 Å². The van der Waals surface area contributed by atoms with Crippen molar-refractivity contribution in [3.05, 3.63) is 0 Å². The Hall–Kier alpha value is -1.94. The normalized spacial score (nSPS) is 13.6. The Balaban J connectivity index is 5.22. The number of aliphatic hydroxyl groups is 1. The highest BCUT2D eigenvalue weighted by Gasteiger charge is 2.31. The first-order chi connectivity index (χ1) is 54.2. The van der Waals surface area contributed by atoms with Crippen molar-refractivity contribution >= 4 is 39.5 Å². The van der Waals surface area contributed by atoms with Crippen LogP contribution in [0.1, 0.15) is 509 Å². The Morgan fingerprint density at radius 1 is 0.216 bits per heavy atom. The second-order valence-electron chi connectivity index (χ2n) is 33.1. The third-order valence-electron chi connectivity index (χ3n) is 21.9. The van der Waals surface area contributed by atoms with Crippen molar-refractivity contribution in [3.63, 3.8) is 0 Å². The van der Waals surface area contributed by atoms with Gasteiger partial charge in [-0.25, -0.2) is 9.13 Å². The van der Waals surface area contributed by atoms with Gasteiger partial charge in [-0.3, -0.25) is 37.3 Å². The Bertz CT molecular complexity index is 2090. The number of rotatable bonds is 93. The first-order valence-electron chi connectivity index (χ1n) is 47.8. The van der Waals surface area contributed by atoms with Crippen molar-refractivity contribution in [2.75, 3.05) is 39.6 Å². The van der Waals surface area contributed by atoms with Gasteiger partial charge in [-0.15, -0.1) is 0 Å². The number of hydrogen-bond donors (Lipinski definition) is 3. The van der Waals surface area contributed by atoms with Crippen molar-refractivity contribution in [2.24, 2.45) is 0 Å². The second-order valence-corrected chi connectivity index (χ2v) is 36.0. The quantitative estimate of drug-likeness (QED) is 0.0222. The molecule has 19 heteroatoms. The summed E-state index contributed by atoms with van der Waals surface area (Å²) in [4.78, 5) is 73.4. The fourth-order valence-corrected chi connectivity index (χ4v) is 16.2. The van der Waals surface area contributed by atoms with Gasteiger partial charge in [0.05, 0.1) is 26.4 Å². The molecule has 0 aliphatic rings. The van der Waals surface area contributed by atoms with Gasteiger partial charge < -0.3 is 33.8 Å². The first kappa shape index (κ1) is 109. The van der Waals surface area contributed by atoms with Crippen LogP contribution in [0.2, 0.25) is 0 Å². The summed E-state index contributed by atoms with van der Waals surface area (Å²) >= 11 is 0. The second kappa shape index (κ2) is 85.9. The number of esters is 4. The molecule has 0 spiro atoms. The molecular weight excluding hydrogens is 1440 g/mol. The summed E-state index contributed by atoms with van der Waals surface area (Å²) in [5.74, 6) is -2.09. The molecule has 0 aromatic heterocycles. The van der Waals surface area contributed by atoms with E-state index in [-0.39, 0.29) is 25.7 Å². The number of hydrogen-bond acceptors (Lipinski definition) is 15. The highest BCUT2D eigenvalue weighted by molar-refractivity contribution is 7.47. The van der Waals surface area contributed by atoms with Gasteiger partial charge >= 0.3 is 39.5 Å². The zero-order valence-electron chi connectivity index (χ0n) is 73.0. The van der Waals surface area contributed by atoms with Crippen LogP contribution in [0.5, 0.6) is 0 Å². The van der Waals surface area contributed by atoms with E-state index in [9.17, 15) is 43.2 Å². The third-order valence-corrected chi connectivity index (χ3v) is 23.8. The molecule has 0 saturated heterocycles. The van der Waals surface area contributed by atoms with E-state index in [1.165, 1.54) is 340 Å². The first-order valence-corrected chi connectivity index (χ1v) is 50.8. The van der Waals surface area contributed by atoms with E-state index in [0.717, 1.165) is 89.9 Å². The molecule has 2 unspecified atom stereocenters. The molecule has 17 nitrogen and oxygen atoms in total. The number of carbonyl (C=O) groups excluding carboxylic acids is 4. The Kier molecular flexibility index (Phi) is 84.4. The summed E-state index contributed by atoms with van der Waals surface area (Å²) in [7, 11) is -9.93. The standard InChI is InChI=1S/C92H180O17P2/c1-5-9-13-17-21-25-29-32-35-38-41-44-47-50-53-57-61-65-69-73-77-90(95)103-83-88(109-92(97)79-75-71-67-63-59-55-52-49-46-43-40-37-34-31-27-23-19-15-11-7-3)85-107-111(100,101)105-81-86(93)80-104-110(98,99)106-84-87(82-102-89(94)76-72-68-64-60-56-28-24-20-16-12-8-4)108-91(96)78-74-70-66-62-58-54-51-48-45-42-39-36-33-30-26-22-18-14-10-6-2/h86-88,93H,5-85H2,1-4H3,(H,98,99)(H,100,101)/t86-,87+,88+/m0/s1. The minimum absolute atomic E-state index is 0.110. The maximum absolute atomic E-state index is 13.2. The molecule has 0 heterocycles. The van der Waals surface area contributed by atoms with Gasteiger partial charge in [-0.2, -0.15) is 0 Å². The van der Waals surface area contributed by atoms with E-state index in [1.54, 1.807) is 0 Å². The molecule has 0 amide bonds. The summed E-state index contributed by atoms with van der Waals surface area (Å²) in [6.45, 7) is 5.09. The average molecular weight is 1620 g/mol. The molecule has 0 aromatic rings. The van der Waals surface area contributed by atoms with Gasteiger partial charge in [0, 0.05) is 25.7 Å². The van der Waals surface area contributed by atoms with Crippen LogP contribution in [0.25, 0.3) is 0 Å². The van der Waals surface area contributed by atoms with Gasteiger partial charge in [0.2, 0.25) is 0 Å². The van der Waals surface area contributed by atoms with Crippen molar-refractivity contribution in [1.29, 1.82) is 0 Å². The van der Waals surface area contributed by atoms with Crippen LogP contribution in [0, 0.1) is 0 Å². The third kappa shape index (κ3) is 85.8. The molecule has 660 valence electrons. The van der Waals surface area contributed by atoms with Gasteiger partial charge in [-0.1, -0.05) is 458 Å². The monoisotopic (exact) mass is 1620 g/mol. The largest absolute Gasteiger partial charge is 0.472 e. The van der Waals surface area contributed by atoms with Crippen LogP contribution in [0.3, 0.4) is 0 Å². The maximum Gasteiger partial charge on any atom is 0.472 e. The minimum Gasteiger partial charge on any atom is -0.462 e. The van der Waals surface area contributed by atoms with Crippen LogP contribution in [-0.4, -0.2) is 96.7 Å². The molecule has 0 fully saturated rings. The van der Waals surface area contributed by atoms with Crippen LogP contribution >= 0.6 is 15.6 Å². The fourth-order valence-electron chi connectivity index (χ4n) is 14.6. The molecule has 0 saturated carbocycles. The zero-order chi connectivity index (χ0) is 81.0. The SMILES string of the molecule is CCCCCCCCCCCCCCCCCCCCCCC(=O)OC[C@H](COP(=O)(O)OC[C@@H](O)COP(=O)(O)OC[C@@H](COC(=O)CCCCCCCCCCCCC)OC(=O)CCCCCCCCCCCCCCCCCCCCCC)OC(=O)CCCCCCCCCCCCCCCCCCCCCC. The van der Waals surface area contributed by atoms with Crippen molar-refractivity contribution < 1.29 is 80.2 Å². The van der Waals surface area contributed by atoms with E-state index in [0.29, 0.717) is 25.7 Å². The number of aliphatic hydroxyl groups excluding tert-OH is 1. The Morgan fingerprint density at radius 2 is 0.360 bits per heavy atom. The molecule has 5 atom stereocenters. The molecule has 0 rings (SSSR count). The maximum atomic E-state index is 13.2. The van der Waals surface area contributed by atoms with E-state index >= 15 is 0 Å².